The molecule has 0 bridgehead atoms. The number of ether oxygens (including phenoxy) is 1. The van der Waals surface area contributed by atoms with Crippen molar-refractivity contribution in [2.45, 2.75) is 10.9 Å². The minimum atomic E-state index is -3.73. The van der Waals surface area contributed by atoms with E-state index in [9.17, 15) is 17.6 Å². The van der Waals surface area contributed by atoms with Gasteiger partial charge in [0.15, 0.2) is 0 Å². The van der Waals surface area contributed by atoms with Crippen molar-refractivity contribution in [3.63, 3.8) is 0 Å². The molecule has 1 aliphatic heterocycles. The largest absolute Gasteiger partial charge is 0.379 e. The molecule has 164 valence electrons. The average Bonchev–Trinajstić information content (AvgIpc) is 3.43. The molecule has 4 rings (SSSR count). The molecule has 0 aliphatic carbocycles. The summed E-state index contributed by atoms with van der Waals surface area (Å²) in [5.74, 6) is -0.357. The van der Waals surface area contributed by atoms with E-state index in [1.54, 1.807) is 36.1 Å². The third-order valence-corrected chi connectivity index (χ3v) is 6.98. The highest BCUT2D eigenvalue weighted by Crippen LogP contribution is 2.23. The van der Waals surface area contributed by atoms with E-state index in [-0.39, 0.29) is 23.7 Å². The highest BCUT2D eigenvalue weighted by Gasteiger charge is 2.29. The molecule has 9 nitrogen and oxygen atoms in total. The minimum Gasteiger partial charge on any atom is -0.379 e. The molecule has 31 heavy (non-hydrogen) atoms. The third-order valence-electron chi connectivity index (χ3n) is 5.10. The molecule has 1 aromatic carbocycles. The second kappa shape index (κ2) is 8.61. The predicted molar refractivity (Wildman–Crippen MR) is 109 cm³/mol. The molecule has 1 aliphatic rings. The van der Waals surface area contributed by atoms with E-state index < -0.39 is 27.8 Å². The van der Waals surface area contributed by atoms with E-state index >= 15 is 0 Å². The number of morpholine rings is 1. The number of carbonyl (C=O) groups excluding carboxylic acids is 1. The van der Waals surface area contributed by atoms with Gasteiger partial charge in [-0.05, 0) is 23.8 Å². The van der Waals surface area contributed by atoms with Gasteiger partial charge in [-0.1, -0.05) is 12.1 Å². The quantitative estimate of drug-likeness (QED) is 0.594. The van der Waals surface area contributed by atoms with Gasteiger partial charge in [0.25, 0.3) is 5.91 Å². The van der Waals surface area contributed by atoms with E-state index in [1.807, 2.05) is 0 Å². The SMILES string of the molecule is Cn1ccnc1C(NC(=O)c1cc(S(=O)(=O)N2CCOCC2)c[nH]1)c1ccc(F)cc1. The lowest BCUT2D eigenvalue weighted by Gasteiger charge is -2.25. The number of nitrogens with one attached hydrogen (secondary N) is 2. The summed E-state index contributed by atoms with van der Waals surface area (Å²) in [5.41, 5.74) is 0.727. The normalized spacial score (nSPS) is 16.2. The van der Waals surface area contributed by atoms with Gasteiger partial charge in [-0.25, -0.2) is 17.8 Å². The standard InChI is InChI=1S/C20H22FN5O4S/c1-25-7-6-22-19(25)18(14-2-4-15(21)5-3-14)24-20(27)17-12-16(13-23-17)31(28,29)26-8-10-30-11-9-26/h2-7,12-13,18,23H,8-11H2,1H3,(H,24,27). The summed E-state index contributed by atoms with van der Waals surface area (Å²) in [6, 6.07) is 6.39. The molecule has 1 saturated heterocycles. The second-order valence-corrected chi connectivity index (χ2v) is 9.06. The monoisotopic (exact) mass is 447 g/mol. The maximum absolute atomic E-state index is 13.4. The lowest BCUT2D eigenvalue weighted by molar-refractivity contribution is 0.0730. The number of imidazole rings is 1. The van der Waals surface area contributed by atoms with E-state index in [4.69, 9.17) is 4.74 Å². The Labute approximate surface area is 178 Å². The molecule has 0 radical (unpaired) electrons. The number of nitrogens with zero attached hydrogens (tertiary/aromatic N) is 3. The number of amides is 1. The van der Waals surface area contributed by atoms with Crippen LogP contribution < -0.4 is 5.32 Å². The van der Waals surface area contributed by atoms with Crippen LogP contribution in [0.3, 0.4) is 0 Å². The van der Waals surface area contributed by atoms with Crippen molar-refractivity contribution in [1.29, 1.82) is 0 Å². The zero-order valence-corrected chi connectivity index (χ0v) is 17.6. The Hall–Kier alpha value is -3.02. The number of H-pyrrole nitrogens is 1. The number of carbonyl (C=O) groups is 1. The van der Waals surface area contributed by atoms with Gasteiger partial charge in [-0.3, -0.25) is 4.79 Å². The molecule has 3 heterocycles. The lowest BCUT2D eigenvalue weighted by Crippen LogP contribution is -2.40. The number of benzene rings is 1. The second-order valence-electron chi connectivity index (χ2n) is 7.12. The first-order valence-corrected chi connectivity index (χ1v) is 11.1. The highest BCUT2D eigenvalue weighted by atomic mass is 32.2. The fraction of sp³-hybridized carbons (Fsp3) is 0.300. The van der Waals surface area contributed by atoms with Gasteiger partial charge < -0.3 is 19.6 Å². The average molecular weight is 447 g/mol. The van der Waals surface area contributed by atoms with E-state index in [0.29, 0.717) is 24.6 Å². The van der Waals surface area contributed by atoms with Gasteiger partial charge in [-0.15, -0.1) is 0 Å². The predicted octanol–water partition coefficient (Wildman–Crippen LogP) is 1.43. The minimum absolute atomic E-state index is 0.00914. The molecule has 1 unspecified atom stereocenters. The maximum Gasteiger partial charge on any atom is 0.268 e. The van der Waals surface area contributed by atoms with Crippen LogP contribution in [0.15, 0.2) is 53.8 Å². The Bertz CT molecular complexity index is 1170. The Balaban J connectivity index is 1.58. The topological polar surface area (TPSA) is 109 Å². The van der Waals surface area contributed by atoms with Crippen LogP contribution in [-0.2, 0) is 21.8 Å². The van der Waals surface area contributed by atoms with Gasteiger partial charge in [-0.2, -0.15) is 4.31 Å². The number of aromatic nitrogens is 3. The summed E-state index contributed by atoms with van der Waals surface area (Å²) in [6.07, 6.45) is 4.63. The van der Waals surface area contributed by atoms with E-state index in [1.165, 1.54) is 28.7 Å². The zero-order valence-electron chi connectivity index (χ0n) is 16.8. The molecule has 1 amide bonds. The number of aromatic amines is 1. The number of aryl methyl sites for hydroxylation is 1. The van der Waals surface area contributed by atoms with Crippen molar-refractivity contribution < 1.29 is 22.3 Å². The summed E-state index contributed by atoms with van der Waals surface area (Å²) >= 11 is 0. The molecule has 11 heteroatoms. The van der Waals surface area contributed by atoms with Crippen molar-refractivity contribution >= 4 is 15.9 Å². The van der Waals surface area contributed by atoms with E-state index in [2.05, 4.69) is 15.3 Å². The molecular weight excluding hydrogens is 425 g/mol. The number of sulfonamides is 1. The van der Waals surface area contributed by atoms with Crippen molar-refractivity contribution in [2.75, 3.05) is 26.3 Å². The van der Waals surface area contributed by atoms with Crippen LogP contribution in [0.2, 0.25) is 0 Å². The van der Waals surface area contributed by atoms with Gasteiger partial charge in [0.05, 0.1) is 13.2 Å². The molecule has 3 aromatic rings. The number of hydrogen-bond acceptors (Lipinski definition) is 5. The molecule has 0 spiro atoms. The third kappa shape index (κ3) is 4.38. The summed E-state index contributed by atoms with van der Waals surface area (Å²) < 4.78 is 47.3. The summed E-state index contributed by atoms with van der Waals surface area (Å²) in [6.45, 7) is 1.20. The Morgan fingerprint density at radius 2 is 1.97 bits per heavy atom. The van der Waals surface area contributed by atoms with Crippen molar-refractivity contribution in [1.82, 2.24) is 24.2 Å². The zero-order chi connectivity index (χ0) is 22.0. The molecule has 0 saturated carbocycles. The van der Waals surface area contributed by atoms with Crippen molar-refractivity contribution in [3.8, 4) is 0 Å². The molecular formula is C20H22FN5O4S. The van der Waals surface area contributed by atoms with Gasteiger partial charge in [0.1, 0.15) is 28.3 Å². The Morgan fingerprint density at radius 3 is 2.61 bits per heavy atom. The van der Waals surface area contributed by atoms with Crippen molar-refractivity contribution in [2.24, 2.45) is 7.05 Å². The maximum atomic E-state index is 13.4. The van der Waals surface area contributed by atoms with Gasteiger partial charge >= 0.3 is 0 Å². The van der Waals surface area contributed by atoms with Crippen LogP contribution in [-0.4, -0.2) is 59.5 Å². The van der Waals surface area contributed by atoms with Crippen LogP contribution >= 0.6 is 0 Å². The van der Waals surface area contributed by atoms with Crippen LogP contribution in [0.1, 0.15) is 27.9 Å². The van der Waals surface area contributed by atoms with Crippen molar-refractivity contribution in [3.05, 3.63) is 71.8 Å². The molecule has 1 fully saturated rings. The summed E-state index contributed by atoms with van der Waals surface area (Å²) in [5, 5.41) is 2.85. The fourth-order valence-corrected chi connectivity index (χ4v) is 4.81. The number of halogens is 1. The molecule has 2 N–H and O–H groups in total. The highest BCUT2D eigenvalue weighted by molar-refractivity contribution is 7.89. The van der Waals surface area contributed by atoms with Gasteiger partial charge in [0, 0.05) is 38.7 Å². The smallest absolute Gasteiger partial charge is 0.268 e. The first kappa shape index (κ1) is 21.2. The summed E-state index contributed by atoms with van der Waals surface area (Å²) in [4.78, 5) is 20.0. The van der Waals surface area contributed by atoms with Gasteiger partial charge in [0.2, 0.25) is 10.0 Å². The fourth-order valence-electron chi connectivity index (χ4n) is 3.41. The molecule has 1 atom stereocenters. The molecule has 2 aromatic heterocycles. The Morgan fingerprint density at radius 1 is 1.26 bits per heavy atom. The Kier molecular flexibility index (Phi) is 5.90. The first-order valence-electron chi connectivity index (χ1n) is 9.66. The lowest BCUT2D eigenvalue weighted by atomic mass is 10.1. The van der Waals surface area contributed by atoms with Crippen LogP contribution in [0.25, 0.3) is 0 Å². The van der Waals surface area contributed by atoms with E-state index in [0.717, 1.165) is 0 Å². The summed E-state index contributed by atoms with van der Waals surface area (Å²) in [7, 11) is -1.94. The number of rotatable bonds is 6. The first-order chi connectivity index (χ1) is 14.9. The van der Waals surface area contributed by atoms with Crippen LogP contribution in [0, 0.1) is 5.82 Å². The van der Waals surface area contributed by atoms with Crippen LogP contribution in [0.5, 0.6) is 0 Å². The van der Waals surface area contributed by atoms with Crippen LogP contribution in [0.4, 0.5) is 4.39 Å². The number of hydrogen-bond donors (Lipinski definition) is 2.